The number of rotatable bonds is 4. The molecule has 0 saturated carbocycles. The van der Waals surface area contributed by atoms with Crippen molar-refractivity contribution in [3.05, 3.63) is 29.8 Å². The average Bonchev–Trinajstić information content (AvgIpc) is 2.27. The van der Waals surface area contributed by atoms with Crippen molar-refractivity contribution in [2.24, 2.45) is 5.16 Å². The number of oxime groups is 1. The third-order valence-electron chi connectivity index (χ3n) is 2.31. The number of benzene rings is 1. The minimum atomic E-state index is -3.35. The van der Waals surface area contributed by atoms with E-state index in [1.807, 2.05) is 0 Å². The normalized spacial score (nSPS) is 12.8. The lowest BCUT2D eigenvalue weighted by Gasteiger charge is -2.11. The van der Waals surface area contributed by atoms with Gasteiger partial charge in [0.25, 0.3) is 0 Å². The van der Waals surface area contributed by atoms with E-state index in [1.54, 1.807) is 45.0 Å². The number of nitrogens with zero attached hydrogens (tertiary/aromatic N) is 1. The summed E-state index contributed by atoms with van der Waals surface area (Å²) >= 11 is 0. The van der Waals surface area contributed by atoms with Gasteiger partial charge in [-0.15, -0.1) is 0 Å². The van der Waals surface area contributed by atoms with Gasteiger partial charge in [-0.05, 0) is 32.9 Å². The van der Waals surface area contributed by atoms with Crippen molar-refractivity contribution in [3.63, 3.8) is 0 Å². The van der Waals surface area contributed by atoms with E-state index in [2.05, 4.69) is 9.88 Å². The highest BCUT2D eigenvalue weighted by Gasteiger charge is 2.15. The Hall–Kier alpha value is -1.56. The van der Waals surface area contributed by atoms with Gasteiger partial charge in [-0.25, -0.2) is 8.42 Å². The average molecular weight is 256 g/mol. The molecule has 0 unspecified atom stereocenters. The highest BCUT2D eigenvalue weighted by Crippen LogP contribution is 2.14. The van der Waals surface area contributed by atoms with Crippen LogP contribution in [-0.2, 0) is 10.0 Å². The minimum absolute atomic E-state index is 0.426. The summed E-state index contributed by atoms with van der Waals surface area (Å²) < 4.78 is 25.8. The van der Waals surface area contributed by atoms with Gasteiger partial charge in [-0.1, -0.05) is 17.3 Å². The van der Waals surface area contributed by atoms with Gasteiger partial charge >= 0.3 is 0 Å². The predicted octanol–water partition coefficient (Wildman–Crippen LogP) is 2.03. The molecule has 0 aliphatic heterocycles. The first kappa shape index (κ1) is 13.5. The Kier molecular flexibility index (Phi) is 4.11. The second-order valence-corrected chi connectivity index (χ2v) is 6.20. The van der Waals surface area contributed by atoms with E-state index in [-0.39, 0.29) is 0 Å². The summed E-state index contributed by atoms with van der Waals surface area (Å²) in [4.78, 5) is 0. The molecule has 0 aliphatic carbocycles. The molecule has 0 amide bonds. The fourth-order valence-electron chi connectivity index (χ4n) is 1.15. The van der Waals surface area contributed by atoms with Crippen LogP contribution in [-0.4, -0.2) is 24.6 Å². The quantitative estimate of drug-likeness (QED) is 0.491. The maximum absolute atomic E-state index is 11.7. The van der Waals surface area contributed by atoms with Gasteiger partial charge in [-0.3, -0.25) is 4.72 Å². The van der Waals surface area contributed by atoms with Gasteiger partial charge in [-0.2, -0.15) is 0 Å². The number of nitrogens with one attached hydrogen (secondary N) is 1. The lowest BCUT2D eigenvalue weighted by Crippen LogP contribution is -2.22. The molecule has 1 aromatic rings. The molecule has 0 saturated heterocycles. The summed E-state index contributed by atoms with van der Waals surface area (Å²) in [6, 6.07) is 6.70. The molecule has 0 heterocycles. The zero-order chi connectivity index (χ0) is 13.1. The lowest BCUT2D eigenvalue weighted by molar-refractivity contribution is 0.319. The van der Waals surface area contributed by atoms with Crippen molar-refractivity contribution in [2.75, 3.05) is 4.72 Å². The van der Waals surface area contributed by atoms with Gasteiger partial charge in [0.1, 0.15) is 0 Å². The molecular formula is C11H16N2O3S. The smallest absolute Gasteiger partial charge is 0.235 e. The fraction of sp³-hybridized carbons (Fsp3) is 0.364. The van der Waals surface area contributed by atoms with E-state index in [0.717, 1.165) is 0 Å². The van der Waals surface area contributed by atoms with Crippen molar-refractivity contribution in [2.45, 2.75) is 26.0 Å². The Bertz CT molecular complexity index is 521. The van der Waals surface area contributed by atoms with E-state index in [0.29, 0.717) is 17.0 Å². The van der Waals surface area contributed by atoms with Crippen molar-refractivity contribution >= 4 is 21.4 Å². The summed E-state index contributed by atoms with van der Waals surface area (Å²) in [6.45, 7) is 4.84. The van der Waals surface area contributed by atoms with Crippen LogP contribution in [0.4, 0.5) is 5.69 Å². The first-order chi connectivity index (χ1) is 7.86. The first-order valence-corrected chi connectivity index (χ1v) is 6.72. The molecule has 5 nitrogen and oxygen atoms in total. The molecule has 0 radical (unpaired) electrons. The largest absolute Gasteiger partial charge is 0.411 e. The van der Waals surface area contributed by atoms with E-state index >= 15 is 0 Å². The SMILES string of the molecule is C/C(=N\O)c1cccc(NS(=O)(=O)C(C)C)c1. The van der Waals surface area contributed by atoms with E-state index in [1.165, 1.54) is 0 Å². The number of hydrogen-bond acceptors (Lipinski definition) is 4. The molecule has 0 spiro atoms. The molecule has 0 bridgehead atoms. The molecule has 0 aliphatic rings. The third kappa shape index (κ3) is 3.45. The molecule has 17 heavy (non-hydrogen) atoms. The monoisotopic (exact) mass is 256 g/mol. The van der Waals surface area contributed by atoms with Crippen LogP contribution in [0, 0.1) is 0 Å². The Labute approximate surface area is 101 Å². The molecule has 2 N–H and O–H groups in total. The Balaban J connectivity index is 3.02. The zero-order valence-electron chi connectivity index (χ0n) is 10.0. The maximum Gasteiger partial charge on any atom is 0.235 e. The van der Waals surface area contributed by atoms with Crippen LogP contribution in [0.2, 0.25) is 0 Å². The standard InChI is InChI=1S/C11H16N2O3S/c1-8(2)17(15,16)13-11-6-4-5-10(7-11)9(3)12-14/h4-8,13-14H,1-3H3/b12-9+. The molecular weight excluding hydrogens is 240 g/mol. The van der Waals surface area contributed by atoms with Crippen molar-refractivity contribution in [1.82, 2.24) is 0 Å². The summed E-state index contributed by atoms with van der Waals surface area (Å²) in [5.74, 6) is 0. The molecule has 1 rings (SSSR count). The molecule has 1 aromatic carbocycles. The van der Waals surface area contributed by atoms with Crippen LogP contribution in [0.1, 0.15) is 26.3 Å². The van der Waals surface area contributed by atoms with Gasteiger partial charge in [0.05, 0.1) is 11.0 Å². The summed E-state index contributed by atoms with van der Waals surface area (Å²) in [5.41, 5.74) is 1.55. The van der Waals surface area contributed by atoms with Crippen molar-refractivity contribution in [1.29, 1.82) is 0 Å². The summed E-state index contributed by atoms with van der Waals surface area (Å²) in [6.07, 6.45) is 0. The van der Waals surface area contributed by atoms with Gasteiger partial charge < -0.3 is 5.21 Å². The van der Waals surface area contributed by atoms with Crippen LogP contribution in [0.15, 0.2) is 29.4 Å². The Morgan fingerprint density at radius 3 is 2.59 bits per heavy atom. The maximum atomic E-state index is 11.7. The molecule has 0 atom stereocenters. The van der Waals surface area contributed by atoms with E-state index in [9.17, 15) is 8.42 Å². The van der Waals surface area contributed by atoms with Gasteiger partial charge in [0.2, 0.25) is 10.0 Å². The summed E-state index contributed by atoms with van der Waals surface area (Å²) in [7, 11) is -3.35. The predicted molar refractivity (Wildman–Crippen MR) is 68.1 cm³/mol. The zero-order valence-corrected chi connectivity index (χ0v) is 10.8. The van der Waals surface area contributed by atoms with Crippen LogP contribution in [0.5, 0.6) is 0 Å². The minimum Gasteiger partial charge on any atom is -0.411 e. The van der Waals surface area contributed by atoms with Crippen molar-refractivity contribution in [3.8, 4) is 0 Å². The van der Waals surface area contributed by atoms with Gasteiger partial charge in [0.15, 0.2) is 0 Å². The van der Waals surface area contributed by atoms with Crippen LogP contribution >= 0.6 is 0 Å². The summed E-state index contributed by atoms with van der Waals surface area (Å²) in [5, 5.41) is 11.2. The third-order valence-corrected chi connectivity index (χ3v) is 4.07. The number of sulfonamides is 1. The molecule has 6 heteroatoms. The molecule has 94 valence electrons. The topological polar surface area (TPSA) is 78.8 Å². The van der Waals surface area contributed by atoms with Crippen LogP contribution < -0.4 is 4.72 Å². The first-order valence-electron chi connectivity index (χ1n) is 5.17. The fourth-order valence-corrected chi connectivity index (χ4v) is 1.84. The van der Waals surface area contributed by atoms with E-state index < -0.39 is 15.3 Å². The second-order valence-electron chi connectivity index (χ2n) is 3.96. The van der Waals surface area contributed by atoms with Crippen LogP contribution in [0.3, 0.4) is 0 Å². The van der Waals surface area contributed by atoms with E-state index in [4.69, 9.17) is 5.21 Å². The highest BCUT2D eigenvalue weighted by molar-refractivity contribution is 7.93. The number of anilines is 1. The van der Waals surface area contributed by atoms with Crippen LogP contribution in [0.25, 0.3) is 0 Å². The van der Waals surface area contributed by atoms with Crippen molar-refractivity contribution < 1.29 is 13.6 Å². The van der Waals surface area contributed by atoms with Gasteiger partial charge in [0, 0.05) is 11.3 Å². The molecule has 0 fully saturated rings. The lowest BCUT2D eigenvalue weighted by atomic mass is 10.1. The second kappa shape index (κ2) is 5.18. The Morgan fingerprint density at radius 1 is 1.41 bits per heavy atom. The Morgan fingerprint density at radius 2 is 2.06 bits per heavy atom. The number of hydrogen-bond donors (Lipinski definition) is 2. The highest BCUT2D eigenvalue weighted by atomic mass is 32.2. The molecule has 0 aromatic heterocycles.